The number of primary amides is 1. The van der Waals surface area contributed by atoms with Gasteiger partial charge in [-0.1, -0.05) is 51.3 Å². The van der Waals surface area contributed by atoms with Gasteiger partial charge in [-0.2, -0.15) is 0 Å². The Kier molecular flexibility index (Phi) is 13.3. The molecule has 42 heavy (non-hydrogen) atoms. The van der Waals surface area contributed by atoms with Crippen LogP contribution in [0, 0.1) is 19.8 Å². The Bertz CT molecular complexity index is 1070. The third kappa shape index (κ3) is 11.3. The minimum absolute atomic E-state index is 0.00923. The van der Waals surface area contributed by atoms with E-state index < -0.39 is 35.6 Å². The molecule has 2 rings (SSSR count). The molecular weight excluding hydrogens is 532 g/mol. The molecule has 3 unspecified atom stereocenters. The maximum atomic E-state index is 14.5. The molecule has 0 spiro atoms. The van der Waals surface area contributed by atoms with E-state index in [1.165, 1.54) is 0 Å². The summed E-state index contributed by atoms with van der Waals surface area (Å²) < 4.78 is 5.45. The molecule has 3 atom stereocenters. The Morgan fingerprint density at radius 1 is 0.976 bits per heavy atom. The third-order valence-electron chi connectivity index (χ3n) is 7.88. The zero-order chi connectivity index (χ0) is 31.6. The quantitative estimate of drug-likeness (QED) is 0.277. The zero-order valence-electron chi connectivity index (χ0n) is 27.0. The van der Waals surface area contributed by atoms with E-state index in [1.54, 1.807) is 25.7 Å². The first kappa shape index (κ1) is 35.1. The molecule has 1 aliphatic carbocycles. The molecule has 1 saturated carbocycles. The highest BCUT2D eigenvalue weighted by atomic mass is 16.6. The number of hydrogen-bond acceptors (Lipinski definition) is 5. The number of alkyl carbamates (subject to hydrolysis) is 1. The van der Waals surface area contributed by atoms with Crippen LogP contribution in [0.4, 0.5) is 4.79 Å². The molecule has 0 radical (unpaired) electrons. The van der Waals surface area contributed by atoms with Crippen LogP contribution in [-0.4, -0.2) is 52.4 Å². The van der Waals surface area contributed by atoms with Crippen LogP contribution in [0.2, 0.25) is 0 Å². The first-order valence-corrected chi connectivity index (χ1v) is 15.6. The van der Waals surface area contributed by atoms with Gasteiger partial charge in [0, 0.05) is 18.5 Å². The predicted octanol–water partition coefficient (Wildman–Crippen LogP) is 5.61. The maximum Gasteiger partial charge on any atom is 0.408 e. The van der Waals surface area contributed by atoms with E-state index in [1.807, 2.05) is 39.0 Å². The van der Waals surface area contributed by atoms with Crippen LogP contribution in [0.1, 0.15) is 122 Å². The van der Waals surface area contributed by atoms with Crippen LogP contribution in [0.5, 0.6) is 0 Å². The molecule has 1 aliphatic rings. The normalized spacial score (nSPS) is 16.3. The molecule has 9 nitrogen and oxygen atoms in total. The lowest BCUT2D eigenvalue weighted by molar-refractivity contribution is -0.145. The maximum absolute atomic E-state index is 14.5. The van der Waals surface area contributed by atoms with Crippen molar-refractivity contribution in [2.45, 2.75) is 143 Å². The molecule has 0 bridgehead atoms. The lowest BCUT2D eigenvalue weighted by Crippen LogP contribution is -2.56. The Morgan fingerprint density at radius 3 is 2.17 bits per heavy atom. The predicted molar refractivity (Wildman–Crippen MR) is 166 cm³/mol. The molecular formula is C33H54N4O5. The van der Waals surface area contributed by atoms with Crippen molar-refractivity contribution in [3.8, 4) is 0 Å². The van der Waals surface area contributed by atoms with Crippen LogP contribution in [0.3, 0.4) is 0 Å². The standard InChI is InChI=1S/C33H54N4O5/c1-21(2)14-16-24(5)37(31(40)27(18-19-28(34)38)36-32(41)42-33(6,7)8)29(25-17-15-22(3)23(4)20-25)30(39)35-26-12-10-9-11-13-26/h15,17,20-21,24,26-27,29H,9-14,16,18-19H2,1-8H3,(H2,34,38)(H,35,39)(H,36,41). The van der Waals surface area contributed by atoms with Gasteiger partial charge in [-0.25, -0.2) is 4.79 Å². The highest BCUT2D eigenvalue weighted by Gasteiger charge is 2.39. The van der Waals surface area contributed by atoms with Gasteiger partial charge in [-0.05, 0) is 96.3 Å². The minimum atomic E-state index is -1.11. The number of amides is 4. The highest BCUT2D eigenvalue weighted by molar-refractivity contribution is 5.93. The molecule has 4 amide bonds. The van der Waals surface area contributed by atoms with Gasteiger partial charge in [0.1, 0.15) is 17.7 Å². The van der Waals surface area contributed by atoms with Crippen LogP contribution in [0.15, 0.2) is 18.2 Å². The lowest BCUT2D eigenvalue weighted by Gasteiger charge is -2.39. The zero-order valence-corrected chi connectivity index (χ0v) is 27.0. The Hall–Kier alpha value is -3.10. The fourth-order valence-electron chi connectivity index (χ4n) is 5.39. The molecule has 0 heterocycles. The van der Waals surface area contributed by atoms with Crippen molar-refractivity contribution in [2.75, 3.05) is 0 Å². The summed E-state index contributed by atoms with van der Waals surface area (Å²) in [6.07, 6.45) is 5.71. The van der Waals surface area contributed by atoms with Crippen molar-refractivity contribution in [1.29, 1.82) is 0 Å². The summed E-state index contributed by atoms with van der Waals surface area (Å²) >= 11 is 0. The summed E-state index contributed by atoms with van der Waals surface area (Å²) in [5.74, 6) is -0.869. The number of carbonyl (C=O) groups is 4. The Morgan fingerprint density at radius 2 is 1.62 bits per heavy atom. The molecule has 1 aromatic rings. The number of rotatable bonds is 13. The molecule has 4 N–H and O–H groups in total. The van der Waals surface area contributed by atoms with Gasteiger partial charge >= 0.3 is 6.09 Å². The Labute approximate surface area is 252 Å². The van der Waals surface area contributed by atoms with Crippen molar-refractivity contribution in [1.82, 2.24) is 15.5 Å². The topological polar surface area (TPSA) is 131 Å². The summed E-state index contributed by atoms with van der Waals surface area (Å²) in [6, 6.07) is 3.53. The number of nitrogens with one attached hydrogen (secondary N) is 2. The van der Waals surface area contributed by atoms with E-state index in [9.17, 15) is 19.2 Å². The second kappa shape index (κ2) is 15.9. The molecule has 236 valence electrons. The lowest BCUT2D eigenvalue weighted by atomic mass is 9.92. The SMILES string of the molecule is Cc1ccc(C(C(=O)NC2CCCCC2)N(C(=O)C(CCC(N)=O)NC(=O)OC(C)(C)C)C(C)CCC(C)C)cc1C. The minimum Gasteiger partial charge on any atom is -0.444 e. The number of ether oxygens (including phenoxy) is 1. The van der Waals surface area contributed by atoms with Gasteiger partial charge in [-0.3, -0.25) is 14.4 Å². The van der Waals surface area contributed by atoms with Gasteiger partial charge in [0.15, 0.2) is 0 Å². The summed E-state index contributed by atoms with van der Waals surface area (Å²) in [5.41, 5.74) is 7.48. The van der Waals surface area contributed by atoms with Gasteiger partial charge in [-0.15, -0.1) is 0 Å². The molecule has 0 saturated heterocycles. The average molecular weight is 587 g/mol. The number of nitrogens with two attached hydrogens (primary N) is 1. The smallest absolute Gasteiger partial charge is 0.408 e. The number of aryl methyl sites for hydroxylation is 2. The third-order valence-corrected chi connectivity index (χ3v) is 7.88. The van der Waals surface area contributed by atoms with Crippen molar-refractivity contribution < 1.29 is 23.9 Å². The molecule has 0 aromatic heterocycles. The van der Waals surface area contributed by atoms with E-state index in [4.69, 9.17) is 10.5 Å². The fraction of sp³-hybridized carbons (Fsp3) is 0.697. The number of nitrogens with zero attached hydrogens (tertiary/aromatic N) is 1. The summed E-state index contributed by atoms with van der Waals surface area (Å²) in [5, 5.41) is 5.93. The van der Waals surface area contributed by atoms with Gasteiger partial charge in [0.05, 0.1) is 0 Å². The van der Waals surface area contributed by atoms with Gasteiger partial charge in [0.2, 0.25) is 17.7 Å². The summed E-state index contributed by atoms with van der Waals surface area (Å²) in [6.45, 7) is 15.4. The van der Waals surface area contributed by atoms with E-state index in [0.29, 0.717) is 17.9 Å². The van der Waals surface area contributed by atoms with E-state index in [0.717, 1.165) is 49.7 Å². The van der Waals surface area contributed by atoms with Crippen LogP contribution in [0.25, 0.3) is 0 Å². The second-order valence-corrected chi connectivity index (χ2v) is 13.4. The number of hydrogen-bond donors (Lipinski definition) is 3. The van der Waals surface area contributed by atoms with Crippen molar-refractivity contribution in [3.05, 3.63) is 34.9 Å². The van der Waals surface area contributed by atoms with E-state index in [-0.39, 0.29) is 30.8 Å². The summed E-state index contributed by atoms with van der Waals surface area (Å²) in [4.78, 5) is 55.0. The van der Waals surface area contributed by atoms with Crippen molar-refractivity contribution in [3.63, 3.8) is 0 Å². The van der Waals surface area contributed by atoms with Gasteiger partial charge < -0.3 is 26.0 Å². The van der Waals surface area contributed by atoms with Crippen molar-refractivity contribution in [2.24, 2.45) is 11.7 Å². The molecule has 0 aliphatic heterocycles. The number of carbonyl (C=O) groups excluding carboxylic acids is 4. The largest absolute Gasteiger partial charge is 0.444 e. The van der Waals surface area contributed by atoms with E-state index in [2.05, 4.69) is 24.5 Å². The van der Waals surface area contributed by atoms with Crippen molar-refractivity contribution >= 4 is 23.8 Å². The fourth-order valence-corrected chi connectivity index (χ4v) is 5.39. The van der Waals surface area contributed by atoms with Crippen LogP contribution < -0.4 is 16.4 Å². The molecule has 9 heteroatoms. The number of benzene rings is 1. The van der Waals surface area contributed by atoms with Crippen LogP contribution >= 0.6 is 0 Å². The average Bonchev–Trinajstić information content (AvgIpc) is 2.88. The first-order chi connectivity index (χ1) is 19.6. The summed E-state index contributed by atoms with van der Waals surface area (Å²) in [7, 11) is 0. The first-order valence-electron chi connectivity index (χ1n) is 15.6. The van der Waals surface area contributed by atoms with E-state index >= 15 is 0 Å². The molecule has 1 fully saturated rings. The van der Waals surface area contributed by atoms with Gasteiger partial charge in [0.25, 0.3) is 0 Å². The molecule has 1 aromatic carbocycles. The second-order valence-electron chi connectivity index (χ2n) is 13.4. The Balaban J connectivity index is 2.60. The van der Waals surface area contributed by atoms with Crippen LogP contribution in [-0.2, 0) is 19.1 Å². The highest BCUT2D eigenvalue weighted by Crippen LogP contribution is 2.30. The monoisotopic (exact) mass is 586 g/mol.